The highest BCUT2D eigenvalue weighted by atomic mass is 35.5. The van der Waals surface area contributed by atoms with Gasteiger partial charge in [-0.15, -0.1) is 12.4 Å². The number of hydrogen-bond acceptors (Lipinski definition) is 2. The first-order chi connectivity index (χ1) is 7.74. The SMILES string of the molecule is Cl.OCCC1(NCc2cccc(Cl)c2)CCC1. The van der Waals surface area contributed by atoms with Gasteiger partial charge in [0.15, 0.2) is 0 Å². The van der Waals surface area contributed by atoms with Crippen LogP contribution in [0.5, 0.6) is 0 Å². The van der Waals surface area contributed by atoms with E-state index in [1.165, 1.54) is 24.8 Å². The van der Waals surface area contributed by atoms with Crippen LogP contribution in [-0.4, -0.2) is 17.3 Å². The Morgan fingerprint density at radius 2 is 2.12 bits per heavy atom. The summed E-state index contributed by atoms with van der Waals surface area (Å²) < 4.78 is 0. The molecule has 1 aromatic rings. The lowest BCUT2D eigenvalue weighted by Gasteiger charge is -2.42. The van der Waals surface area contributed by atoms with Gasteiger partial charge in [-0.05, 0) is 43.4 Å². The third-order valence-electron chi connectivity index (χ3n) is 3.46. The molecule has 0 aliphatic heterocycles. The van der Waals surface area contributed by atoms with E-state index in [0.29, 0.717) is 0 Å². The van der Waals surface area contributed by atoms with E-state index in [-0.39, 0.29) is 24.6 Å². The van der Waals surface area contributed by atoms with Gasteiger partial charge in [0.1, 0.15) is 0 Å². The van der Waals surface area contributed by atoms with Crippen LogP contribution in [0.2, 0.25) is 5.02 Å². The van der Waals surface area contributed by atoms with E-state index in [4.69, 9.17) is 16.7 Å². The first kappa shape index (κ1) is 14.8. The Bertz CT molecular complexity index is 353. The van der Waals surface area contributed by atoms with E-state index in [1.54, 1.807) is 0 Å². The second-order valence-corrected chi connectivity index (χ2v) is 5.03. The smallest absolute Gasteiger partial charge is 0.0448 e. The molecule has 0 atom stereocenters. The molecule has 17 heavy (non-hydrogen) atoms. The maximum absolute atomic E-state index is 9.05. The lowest BCUT2D eigenvalue weighted by Crippen LogP contribution is -2.51. The van der Waals surface area contributed by atoms with Crippen LogP contribution in [0.1, 0.15) is 31.2 Å². The van der Waals surface area contributed by atoms with Gasteiger partial charge in [-0.3, -0.25) is 0 Å². The van der Waals surface area contributed by atoms with Gasteiger partial charge in [-0.25, -0.2) is 0 Å². The fourth-order valence-electron chi connectivity index (χ4n) is 2.27. The van der Waals surface area contributed by atoms with Gasteiger partial charge in [0.05, 0.1) is 0 Å². The topological polar surface area (TPSA) is 32.3 Å². The highest BCUT2D eigenvalue weighted by molar-refractivity contribution is 6.30. The lowest BCUT2D eigenvalue weighted by molar-refractivity contribution is 0.130. The Morgan fingerprint density at radius 3 is 2.65 bits per heavy atom. The standard InChI is InChI=1S/C13H18ClNO.ClH/c14-12-4-1-3-11(9-12)10-15-13(7-8-16)5-2-6-13;/h1,3-4,9,15-16H,2,5-8,10H2;1H. The van der Waals surface area contributed by atoms with Crippen LogP contribution in [0.3, 0.4) is 0 Å². The molecule has 0 bridgehead atoms. The number of rotatable bonds is 5. The van der Waals surface area contributed by atoms with Crippen molar-refractivity contribution in [1.29, 1.82) is 0 Å². The van der Waals surface area contributed by atoms with Crippen molar-refractivity contribution in [3.05, 3.63) is 34.9 Å². The Balaban J connectivity index is 0.00000144. The van der Waals surface area contributed by atoms with Crippen LogP contribution in [0, 0.1) is 0 Å². The summed E-state index contributed by atoms with van der Waals surface area (Å²) in [6.45, 7) is 1.10. The molecular weight excluding hydrogens is 257 g/mol. The van der Waals surface area contributed by atoms with Gasteiger partial charge < -0.3 is 10.4 Å². The lowest BCUT2D eigenvalue weighted by atomic mass is 9.74. The molecule has 2 nitrogen and oxygen atoms in total. The number of benzene rings is 1. The maximum atomic E-state index is 9.05. The molecule has 2 rings (SSSR count). The molecule has 0 unspecified atom stereocenters. The molecular formula is C13H19Cl2NO. The molecule has 0 saturated heterocycles. The van der Waals surface area contributed by atoms with Crippen molar-refractivity contribution in [1.82, 2.24) is 5.32 Å². The van der Waals surface area contributed by atoms with Crippen molar-refractivity contribution in [3.63, 3.8) is 0 Å². The van der Waals surface area contributed by atoms with Gasteiger partial charge in [-0.2, -0.15) is 0 Å². The second kappa shape index (κ2) is 6.60. The van der Waals surface area contributed by atoms with E-state index in [9.17, 15) is 0 Å². The van der Waals surface area contributed by atoms with E-state index >= 15 is 0 Å². The summed E-state index contributed by atoms with van der Waals surface area (Å²) in [4.78, 5) is 0. The quantitative estimate of drug-likeness (QED) is 0.865. The van der Waals surface area contributed by atoms with E-state index < -0.39 is 0 Å². The Hall–Kier alpha value is -0.280. The molecule has 0 heterocycles. The second-order valence-electron chi connectivity index (χ2n) is 4.59. The van der Waals surface area contributed by atoms with Gasteiger partial charge >= 0.3 is 0 Å². The summed E-state index contributed by atoms with van der Waals surface area (Å²) in [5, 5.41) is 13.4. The molecule has 0 amide bonds. The third kappa shape index (κ3) is 3.85. The van der Waals surface area contributed by atoms with Crippen molar-refractivity contribution in [3.8, 4) is 0 Å². The van der Waals surface area contributed by atoms with Crippen LogP contribution < -0.4 is 5.32 Å². The molecule has 0 spiro atoms. The van der Waals surface area contributed by atoms with Gasteiger partial charge in [-0.1, -0.05) is 23.7 Å². The normalized spacial score (nSPS) is 17.1. The molecule has 0 aromatic heterocycles. The molecule has 2 N–H and O–H groups in total. The summed E-state index contributed by atoms with van der Waals surface area (Å²) in [5.74, 6) is 0. The van der Waals surface area contributed by atoms with Crippen LogP contribution in [0.4, 0.5) is 0 Å². The van der Waals surface area contributed by atoms with Crippen molar-refractivity contribution in [2.24, 2.45) is 0 Å². The Labute approximate surface area is 114 Å². The number of halogens is 2. The predicted molar refractivity (Wildman–Crippen MR) is 73.8 cm³/mol. The van der Waals surface area contributed by atoms with Crippen LogP contribution in [0.15, 0.2) is 24.3 Å². The molecule has 4 heteroatoms. The zero-order valence-corrected chi connectivity index (χ0v) is 11.4. The van der Waals surface area contributed by atoms with Gasteiger partial charge in [0.25, 0.3) is 0 Å². The molecule has 1 saturated carbocycles. The third-order valence-corrected chi connectivity index (χ3v) is 3.69. The summed E-state index contributed by atoms with van der Waals surface area (Å²) in [7, 11) is 0. The fraction of sp³-hybridized carbons (Fsp3) is 0.538. The number of hydrogen-bond donors (Lipinski definition) is 2. The summed E-state index contributed by atoms with van der Waals surface area (Å²) in [6.07, 6.45) is 4.47. The molecule has 96 valence electrons. The molecule has 0 radical (unpaired) electrons. The Morgan fingerprint density at radius 1 is 1.35 bits per heavy atom. The van der Waals surface area contributed by atoms with E-state index in [2.05, 4.69) is 11.4 Å². The predicted octanol–water partition coefficient (Wildman–Crippen LogP) is 3.16. The average molecular weight is 276 g/mol. The zero-order valence-electron chi connectivity index (χ0n) is 9.79. The van der Waals surface area contributed by atoms with Crippen LogP contribution in [-0.2, 0) is 6.54 Å². The largest absolute Gasteiger partial charge is 0.396 e. The average Bonchev–Trinajstić information content (AvgIpc) is 2.22. The number of nitrogens with one attached hydrogen (secondary N) is 1. The molecule has 1 fully saturated rings. The van der Waals surface area contributed by atoms with Crippen molar-refractivity contribution >= 4 is 24.0 Å². The van der Waals surface area contributed by atoms with Crippen LogP contribution in [0.25, 0.3) is 0 Å². The zero-order chi connectivity index (χ0) is 11.4. The summed E-state index contributed by atoms with van der Waals surface area (Å²) in [6, 6.07) is 7.92. The number of aliphatic hydroxyl groups is 1. The summed E-state index contributed by atoms with van der Waals surface area (Å²) >= 11 is 5.94. The highest BCUT2D eigenvalue weighted by Gasteiger charge is 2.35. The first-order valence-corrected chi connectivity index (χ1v) is 6.22. The van der Waals surface area contributed by atoms with Crippen molar-refractivity contribution in [2.45, 2.75) is 37.8 Å². The Kier molecular flexibility index (Phi) is 5.74. The van der Waals surface area contributed by atoms with Gasteiger partial charge in [0, 0.05) is 23.7 Å². The van der Waals surface area contributed by atoms with E-state index in [1.807, 2.05) is 18.2 Å². The minimum atomic E-state index is 0. The van der Waals surface area contributed by atoms with Crippen molar-refractivity contribution < 1.29 is 5.11 Å². The minimum Gasteiger partial charge on any atom is -0.396 e. The maximum Gasteiger partial charge on any atom is 0.0448 e. The van der Waals surface area contributed by atoms with Crippen molar-refractivity contribution in [2.75, 3.05) is 6.61 Å². The van der Waals surface area contributed by atoms with Gasteiger partial charge in [0.2, 0.25) is 0 Å². The molecule has 1 aliphatic rings. The summed E-state index contributed by atoms with van der Waals surface area (Å²) in [5.41, 5.74) is 1.38. The monoisotopic (exact) mass is 275 g/mol. The van der Waals surface area contributed by atoms with E-state index in [0.717, 1.165) is 18.0 Å². The first-order valence-electron chi connectivity index (χ1n) is 5.84. The molecule has 1 aromatic carbocycles. The highest BCUT2D eigenvalue weighted by Crippen LogP contribution is 2.34. The number of aliphatic hydroxyl groups excluding tert-OH is 1. The van der Waals surface area contributed by atoms with Crippen LogP contribution >= 0.6 is 24.0 Å². The fourth-order valence-corrected chi connectivity index (χ4v) is 2.48. The minimum absolute atomic E-state index is 0. The molecule has 1 aliphatic carbocycles.